The molecule has 2 aromatic carbocycles. The highest BCUT2D eigenvalue weighted by atomic mass is 19.2. The highest BCUT2D eigenvalue weighted by molar-refractivity contribution is 5.97. The first-order chi connectivity index (χ1) is 8.58. The van der Waals surface area contributed by atoms with E-state index in [4.69, 9.17) is 0 Å². The summed E-state index contributed by atoms with van der Waals surface area (Å²) >= 11 is 0. The van der Waals surface area contributed by atoms with Gasteiger partial charge in [-0.2, -0.15) is 0 Å². The number of hydrogen-bond donors (Lipinski definition) is 0. The average Bonchev–Trinajstić information content (AvgIpc) is 2.35. The molecule has 18 heavy (non-hydrogen) atoms. The molecule has 0 aliphatic rings. The Morgan fingerprint density at radius 1 is 0.889 bits per heavy atom. The third-order valence-electron chi connectivity index (χ3n) is 2.52. The number of hydrogen-bond acceptors (Lipinski definition) is 1. The van der Waals surface area contributed by atoms with Crippen LogP contribution in [0.1, 0.15) is 15.9 Å². The number of benzene rings is 2. The molecule has 0 saturated heterocycles. The topological polar surface area (TPSA) is 17.1 Å². The van der Waals surface area contributed by atoms with Gasteiger partial charge in [0.05, 0.1) is 5.56 Å². The van der Waals surface area contributed by atoms with Crippen molar-refractivity contribution < 1.29 is 18.0 Å². The zero-order valence-corrected chi connectivity index (χ0v) is 9.29. The second-order valence-corrected chi connectivity index (χ2v) is 3.83. The zero-order chi connectivity index (χ0) is 13.1. The lowest BCUT2D eigenvalue weighted by atomic mass is 10.0. The first-order valence-electron chi connectivity index (χ1n) is 5.29. The molecule has 0 saturated carbocycles. The lowest BCUT2D eigenvalue weighted by Crippen LogP contribution is -2.07. The molecule has 0 heterocycles. The Bertz CT molecular complexity index is 579. The number of halogens is 3. The molecule has 0 unspecified atom stereocenters. The summed E-state index contributed by atoms with van der Waals surface area (Å²) in [5.74, 6) is -4.16. The maximum Gasteiger partial charge on any atom is 0.170 e. The molecule has 4 heteroatoms. The zero-order valence-electron chi connectivity index (χ0n) is 9.29. The molecule has 0 bridgehead atoms. The highest BCUT2D eigenvalue weighted by Crippen LogP contribution is 2.16. The first kappa shape index (κ1) is 12.4. The van der Waals surface area contributed by atoms with Crippen LogP contribution in [0.2, 0.25) is 0 Å². The van der Waals surface area contributed by atoms with Crippen LogP contribution in [0.3, 0.4) is 0 Å². The van der Waals surface area contributed by atoms with Gasteiger partial charge in [0, 0.05) is 12.5 Å². The molecule has 0 aliphatic heterocycles. The molecule has 0 aromatic heterocycles. The summed E-state index contributed by atoms with van der Waals surface area (Å²) in [5.41, 5.74) is 0.254. The van der Waals surface area contributed by atoms with Gasteiger partial charge in [0.2, 0.25) is 0 Å². The molecule has 0 aliphatic carbocycles. The smallest absolute Gasteiger partial charge is 0.170 e. The Labute approximate surface area is 102 Å². The van der Waals surface area contributed by atoms with E-state index in [0.717, 1.165) is 0 Å². The van der Waals surface area contributed by atoms with Crippen LogP contribution in [0.15, 0.2) is 42.5 Å². The number of carbonyl (C=O) groups excluding carboxylic acids is 1. The monoisotopic (exact) mass is 250 g/mol. The van der Waals surface area contributed by atoms with Crippen molar-refractivity contribution in [1.82, 2.24) is 0 Å². The van der Waals surface area contributed by atoms with Crippen molar-refractivity contribution in [1.29, 1.82) is 0 Å². The number of carbonyl (C=O) groups is 1. The molecule has 1 nitrogen and oxygen atoms in total. The normalized spacial score (nSPS) is 10.4. The molecular weight excluding hydrogens is 241 g/mol. The van der Waals surface area contributed by atoms with Crippen molar-refractivity contribution in [3.63, 3.8) is 0 Å². The maximum absolute atomic E-state index is 13.4. The van der Waals surface area contributed by atoms with Gasteiger partial charge < -0.3 is 0 Å². The van der Waals surface area contributed by atoms with Crippen LogP contribution in [0, 0.1) is 17.5 Å². The SMILES string of the molecule is O=C(Cc1ccccc1)c1cc(F)c(F)cc1F. The molecule has 2 aromatic rings. The largest absolute Gasteiger partial charge is 0.294 e. The van der Waals surface area contributed by atoms with E-state index < -0.39 is 28.8 Å². The van der Waals surface area contributed by atoms with Crippen molar-refractivity contribution in [3.05, 3.63) is 71.0 Å². The third-order valence-corrected chi connectivity index (χ3v) is 2.52. The van der Waals surface area contributed by atoms with Crippen molar-refractivity contribution in [3.8, 4) is 0 Å². The van der Waals surface area contributed by atoms with Gasteiger partial charge in [-0.05, 0) is 11.6 Å². The second-order valence-electron chi connectivity index (χ2n) is 3.83. The Hall–Kier alpha value is -2.10. The van der Waals surface area contributed by atoms with Gasteiger partial charge in [-0.15, -0.1) is 0 Å². The van der Waals surface area contributed by atoms with E-state index in [2.05, 4.69) is 0 Å². The lowest BCUT2D eigenvalue weighted by molar-refractivity contribution is 0.0988. The Morgan fingerprint density at radius 2 is 1.50 bits per heavy atom. The summed E-state index contributed by atoms with van der Waals surface area (Å²) in [6, 6.07) is 9.65. The van der Waals surface area contributed by atoms with E-state index in [9.17, 15) is 18.0 Å². The quantitative estimate of drug-likeness (QED) is 0.601. The summed E-state index contributed by atoms with van der Waals surface area (Å²) < 4.78 is 39.0. The van der Waals surface area contributed by atoms with Gasteiger partial charge in [0.15, 0.2) is 17.4 Å². The Kier molecular flexibility index (Phi) is 3.46. The van der Waals surface area contributed by atoms with E-state index in [1.807, 2.05) is 0 Å². The summed E-state index contributed by atoms with van der Waals surface area (Å²) in [4.78, 5) is 11.8. The van der Waals surface area contributed by atoms with Crippen LogP contribution in [0.25, 0.3) is 0 Å². The van der Waals surface area contributed by atoms with Gasteiger partial charge in [-0.25, -0.2) is 13.2 Å². The molecule has 0 spiro atoms. The van der Waals surface area contributed by atoms with Crippen LogP contribution < -0.4 is 0 Å². The molecule has 0 N–H and O–H groups in total. The van der Waals surface area contributed by atoms with Crippen LogP contribution in [0.4, 0.5) is 13.2 Å². The van der Waals surface area contributed by atoms with Crippen LogP contribution in [-0.4, -0.2) is 5.78 Å². The summed E-state index contributed by atoms with van der Waals surface area (Å²) in [6.07, 6.45) is -0.0527. The van der Waals surface area contributed by atoms with Gasteiger partial charge in [0.1, 0.15) is 5.82 Å². The van der Waals surface area contributed by atoms with Crippen molar-refractivity contribution in [2.24, 2.45) is 0 Å². The van der Waals surface area contributed by atoms with Gasteiger partial charge in [-0.1, -0.05) is 30.3 Å². The molecular formula is C14H9F3O. The standard InChI is InChI=1S/C14H9F3O/c15-11-8-13(17)12(16)7-10(11)14(18)6-9-4-2-1-3-5-9/h1-5,7-8H,6H2. The minimum absolute atomic E-state index is 0.0527. The predicted molar refractivity (Wildman–Crippen MR) is 60.8 cm³/mol. The van der Waals surface area contributed by atoms with Crippen molar-refractivity contribution >= 4 is 5.78 Å². The Morgan fingerprint density at radius 3 is 2.17 bits per heavy atom. The fourth-order valence-electron chi connectivity index (χ4n) is 1.61. The minimum Gasteiger partial charge on any atom is -0.294 e. The molecule has 0 atom stereocenters. The average molecular weight is 250 g/mol. The van der Waals surface area contributed by atoms with E-state index in [1.54, 1.807) is 30.3 Å². The van der Waals surface area contributed by atoms with Crippen LogP contribution in [-0.2, 0) is 6.42 Å². The fourth-order valence-corrected chi connectivity index (χ4v) is 1.61. The Balaban J connectivity index is 2.27. The summed E-state index contributed by atoms with van der Waals surface area (Å²) in [7, 11) is 0. The van der Waals surface area contributed by atoms with E-state index in [1.165, 1.54) is 0 Å². The van der Waals surface area contributed by atoms with Crippen molar-refractivity contribution in [2.45, 2.75) is 6.42 Å². The number of rotatable bonds is 3. The van der Waals surface area contributed by atoms with Crippen LogP contribution >= 0.6 is 0 Å². The lowest BCUT2D eigenvalue weighted by Gasteiger charge is -2.04. The predicted octanol–water partition coefficient (Wildman–Crippen LogP) is 3.53. The fraction of sp³-hybridized carbons (Fsp3) is 0.0714. The molecule has 0 fully saturated rings. The van der Waals surface area contributed by atoms with Gasteiger partial charge in [0.25, 0.3) is 0 Å². The molecule has 0 radical (unpaired) electrons. The molecule has 0 amide bonds. The minimum atomic E-state index is -1.30. The van der Waals surface area contributed by atoms with Gasteiger partial charge in [-0.3, -0.25) is 4.79 Å². The second kappa shape index (κ2) is 5.04. The molecule has 2 rings (SSSR count). The van der Waals surface area contributed by atoms with E-state index in [0.29, 0.717) is 17.7 Å². The van der Waals surface area contributed by atoms with Crippen molar-refractivity contribution in [2.75, 3.05) is 0 Å². The summed E-state index contributed by atoms with van der Waals surface area (Å²) in [5, 5.41) is 0. The first-order valence-corrected chi connectivity index (χ1v) is 5.29. The van der Waals surface area contributed by atoms with Gasteiger partial charge >= 0.3 is 0 Å². The third kappa shape index (κ3) is 2.59. The highest BCUT2D eigenvalue weighted by Gasteiger charge is 2.16. The van der Waals surface area contributed by atoms with E-state index in [-0.39, 0.29) is 6.42 Å². The maximum atomic E-state index is 13.4. The summed E-state index contributed by atoms with van der Waals surface area (Å²) in [6.45, 7) is 0. The molecule has 92 valence electrons. The number of Topliss-reactive ketones (excluding diaryl/α,β-unsaturated/α-hetero) is 1. The number of ketones is 1. The van der Waals surface area contributed by atoms with Crippen LogP contribution in [0.5, 0.6) is 0 Å². The van der Waals surface area contributed by atoms with E-state index >= 15 is 0 Å².